The maximum absolute atomic E-state index is 13.5. The van der Waals surface area contributed by atoms with Gasteiger partial charge in [-0.25, -0.2) is 8.78 Å². The van der Waals surface area contributed by atoms with Crippen LogP contribution >= 0.6 is 0 Å². The molecule has 0 spiro atoms. The molecule has 1 aliphatic carbocycles. The Balaban J connectivity index is 1.57. The quantitative estimate of drug-likeness (QED) is 0.816. The fourth-order valence-electron chi connectivity index (χ4n) is 3.08. The summed E-state index contributed by atoms with van der Waals surface area (Å²) in [6.45, 7) is 0. The number of aryl methyl sites for hydroxylation is 2. The van der Waals surface area contributed by atoms with Gasteiger partial charge in [0.1, 0.15) is 11.6 Å². The van der Waals surface area contributed by atoms with E-state index < -0.39 is 17.5 Å². The van der Waals surface area contributed by atoms with E-state index in [1.54, 1.807) is 0 Å². The Bertz CT molecular complexity index is 817. The van der Waals surface area contributed by atoms with Gasteiger partial charge in [-0.05, 0) is 55.0 Å². The molecule has 0 saturated carbocycles. The summed E-state index contributed by atoms with van der Waals surface area (Å²) in [6, 6.07) is 8.66. The predicted molar refractivity (Wildman–Crippen MR) is 91.6 cm³/mol. The van der Waals surface area contributed by atoms with Crippen molar-refractivity contribution < 1.29 is 18.4 Å². The largest absolute Gasteiger partial charge is 0.324 e. The molecule has 1 amide bonds. The van der Waals surface area contributed by atoms with Crippen LogP contribution in [0.3, 0.4) is 0 Å². The van der Waals surface area contributed by atoms with Crippen molar-refractivity contribution in [3.63, 3.8) is 0 Å². The average molecular weight is 343 g/mol. The lowest BCUT2D eigenvalue weighted by Gasteiger charge is -2.16. The Kier molecular flexibility index (Phi) is 5.22. The molecular formula is C20H19F2NO2. The number of carbonyl (C=O) groups excluding carboxylic acids is 2. The fourth-order valence-corrected chi connectivity index (χ4v) is 3.08. The first-order chi connectivity index (χ1) is 12.0. The highest BCUT2D eigenvalue weighted by atomic mass is 19.1. The van der Waals surface area contributed by atoms with Crippen LogP contribution in [0, 0.1) is 11.6 Å². The predicted octanol–water partition coefficient (Wildman–Crippen LogP) is 4.45. The molecule has 1 N–H and O–H groups in total. The van der Waals surface area contributed by atoms with Crippen LogP contribution < -0.4 is 5.32 Å². The number of hydrogen-bond acceptors (Lipinski definition) is 2. The number of fused-ring (bicyclic) bond motifs is 1. The van der Waals surface area contributed by atoms with E-state index in [4.69, 9.17) is 0 Å². The smallest absolute Gasteiger partial charge is 0.224 e. The number of nitrogens with one attached hydrogen (secondary N) is 1. The minimum atomic E-state index is -0.839. The standard InChI is InChI=1S/C20H19F2NO2/c21-16-7-8-18(17(22)12-16)23-20(25)10-9-19(24)15-6-5-13-3-1-2-4-14(13)11-15/h5-8,11-12H,1-4,9-10H2,(H,23,25). The van der Waals surface area contributed by atoms with E-state index in [9.17, 15) is 18.4 Å². The first kappa shape index (κ1) is 17.3. The molecular weight excluding hydrogens is 324 g/mol. The lowest BCUT2D eigenvalue weighted by Crippen LogP contribution is -2.15. The van der Waals surface area contributed by atoms with Crippen LogP contribution in [-0.4, -0.2) is 11.7 Å². The third kappa shape index (κ3) is 4.29. The average Bonchev–Trinajstić information content (AvgIpc) is 2.61. The summed E-state index contributed by atoms with van der Waals surface area (Å²) < 4.78 is 26.4. The van der Waals surface area contributed by atoms with Crippen molar-refractivity contribution in [3.05, 3.63) is 64.7 Å². The van der Waals surface area contributed by atoms with Crippen molar-refractivity contribution in [2.45, 2.75) is 38.5 Å². The third-order valence-corrected chi connectivity index (χ3v) is 4.45. The molecule has 0 saturated heterocycles. The zero-order valence-electron chi connectivity index (χ0n) is 13.8. The van der Waals surface area contributed by atoms with Gasteiger partial charge in [0.15, 0.2) is 5.78 Å². The second kappa shape index (κ2) is 7.55. The molecule has 3 rings (SSSR count). The first-order valence-corrected chi connectivity index (χ1v) is 8.43. The molecule has 130 valence electrons. The molecule has 0 fully saturated rings. The first-order valence-electron chi connectivity index (χ1n) is 8.43. The molecule has 3 nitrogen and oxygen atoms in total. The minimum absolute atomic E-state index is 0.0489. The Morgan fingerprint density at radius 2 is 1.68 bits per heavy atom. The number of ketones is 1. The Hall–Kier alpha value is -2.56. The fraction of sp³-hybridized carbons (Fsp3) is 0.300. The molecule has 25 heavy (non-hydrogen) atoms. The van der Waals surface area contributed by atoms with Crippen LogP contribution in [0.25, 0.3) is 0 Å². The summed E-state index contributed by atoms with van der Waals surface area (Å²) >= 11 is 0. The number of carbonyl (C=O) groups is 2. The molecule has 5 heteroatoms. The van der Waals surface area contributed by atoms with E-state index in [-0.39, 0.29) is 24.3 Å². The van der Waals surface area contributed by atoms with E-state index in [0.29, 0.717) is 11.6 Å². The van der Waals surface area contributed by atoms with E-state index in [1.807, 2.05) is 18.2 Å². The Labute approximate surface area is 145 Å². The van der Waals surface area contributed by atoms with Crippen molar-refractivity contribution in [1.29, 1.82) is 0 Å². The summed E-state index contributed by atoms with van der Waals surface area (Å²) in [7, 11) is 0. The molecule has 0 bridgehead atoms. The topological polar surface area (TPSA) is 46.2 Å². The summed E-state index contributed by atoms with van der Waals surface area (Å²) in [6.07, 6.45) is 4.35. The highest BCUT2D eigenvalue weighted by molar-refractivity contribution is 6.00. The second-order valence-corrected chi connectivity index (χ2v) is 6.29. The number of halogens is 2. The molecule has 2 aromatic carbocycles. The highest BCUT2D eigenvalue weighted by Crippen LogP contribution is 2.23. The molecule has 0 unspecified atom stereocenters. The normalized spacial score (nSPS) is 13.2. The van der Waals surface area contributed by atoms with Crippen molar-refractivity contribution in [2.75, 3.05) is 5.32 Å². The van der Waals surface area contributed by atoms with Gasteiger partial charge in [-0.15, -0.1) is 0 Å². The lowest BCUT2D eigenvalue weighted by atomic mass is 9.89. The summed E-state index contributed by atoms with van der Waals surface area (Å²) in [5, 5.41) is 2.36. The zero-order chi connectivity index (χ0) is 17.8. The van der Waals surface area contributed by atoms with Gasteiger partial charge in [0.25, 0.3) is 0 Å². The van der Waals surface area contributed by atoms with Gasteiger partial charge >= 0.3 is 0 Å². The lowest BCUT2D eigenvalue weighted by molar-refractivity contribution is -0.116. The molecule has 0 aliphatic heterocycles. The van der Waals surface area contributed by atoms with E-state index in [1.165, 1.54) is 17.5 Å². The van der Waals surface area contributed by atoms with Gasteiger partial charge in [0.2, 0.25) is 5.91 Å². The Morgan fingerprint density at radius 1 is 0.920 bits per heavy atom. The van der Waals surface area contributed by atoms with Crippen molar-refractivity contribution in [1.82, 2.24) is 0 Å². The van der Waals surface area contributed by atoms with Gasteiger partial charge in [-0.2, -0.15) is 0 Å². The summed E-state index contributed by atoms with van der Waals surface area (Å²) in [4.78, 5) is 24.2. The number of benzene rings is 2. The third-order valence-electron chi connectivity index (χ3n) is 4.45. The van der Waals surface area contributed by atoms with Crippen LogP contribution in [0.4, 0.5) is 14.5 Å². The van der Waals surface area contributed by atoms with Gasteiger partial charge < -0.3 is 5.32 Å². The SMILES string of the molecule is O=C(CCC(=O)c1ccc2c(c1)CCCC2)Nc1ccc(F)cc1F. The van der Waals surface area contributed by atoms with Crippen molar-refractivity contribution in [3.8, 4) is 0 Å². The maximum Gasteiger partial charge on any atom is 0.224 e. The van der Waals surface area contributed by atoms with Crippen LogP contribution in [0.15, 0.2) is 36.4 Å². The molecule has 0 aromatic heterocycles. The molecule has 0 heterocycles. The van der Waals surface area contributed by atoms with Gasteiger partial charge in [0, 0.05) is 24.5 Å². The van der Waals surface area contributed by atoms with Crippen LogP contribution in [-0.2, 0) is 17.6 Å². The van der Waals surface area contributed by atoms with Crippen LogP contribution in [0.5, 0.6) is 0 Å². The van der Waals surface area contributed by atoms with Crippen molar-refractivity contribution >= 4 is 17.4 Å². The second-order valence-electron chi connectivity index (χ2n) is 6.29. The monoisotopic (exact) mass is 343 g/mol. The molecule has 2 aromatic rings. The summed E-state index contributed by atoms with van der Waals surface area (Å²) in [5.74, 6) is -2.13. The number of anilines is 1. The van der Waals surface area contributed by atoms with Gasteiger partial charge in [-0.1, -0.05) is 12.1 Å². The minimum Gasteiger partial charge on any atom is -0.324 e. The van der Waals surface area contributed by atoms with Gasteiger partial charge in [-0.3, -0.25) is 9.59 Å². The Morgan fingerprint density at radius 3 is 2.44 bits per heavy atom. The van der Waals surface area contributed by atoms with E-state index in [2.05, 4.69) is 5.32 Å². The maximum atomic E-state index is 13.5. The van der Waals surface area contributed by atoms with Crippen LogP contribution in [0.1, 0.15) is 47.2 Å². The molecule has 1 aliphatic rings. The van der Waals surface area contributed by atoms with E-state index >= 15 is 0 Å². The summed E-state index contributed by atoms with van der Waals surface area (Å²) in [5.41, 5.74) is 3.04. The van der Waals surface area contributed by atoms with Crippen LogP contribution in [0.2, 0.25) is 0 Å². The molecule has 0 atom stereocenters. The number of Topliss-reactive ketones (excluding diaryl/α,β-unsaturated/α-hetero) is 1. The molecule has 0 radical (unpaired) electrons. The number of hydrogen-bond donors (Lipinski definition) is 1. The van der Waals surface area contributed by atoms with E-state index in [0.717, 1.165) is 31.4 Å². The zero-order valence-corrected chi connectivity index (χ0v) is 13.8. The number of rotatable bonds is 5. The van der Waals surface area contributed by atoms with Crippen molar-refractivity contribution in [2.24, 2.45) is 0 Å². The highest BCUT2D eigenvalue weighted by Gasteiger charge is 2.15. The number of amides is 1. The van der Waals surface area contributed by atoms with Gasteiger partial charge in [0.05, 0.1) is 5.69 Å².